The van der Waals surface area contributed by atoms with Crippen molar-refractivity contribution in [3.8, 4) is 0 Å². The molecule has 2 saturated heterocycles. The second kappa shape index (κ2) is 5.41. The largest absolute Gasteiger partial charge is 0.310 e. The lowest BCUT2D eigenvalue weighted by Crippen LogP contribution is -2.28. The predicted molar refractivity (Wildman–Crippen MR) is 75.9 cm³/mol. The smallest absolute Gasteiger partial charge is 0.0323 e. The van der Waals surface area contributed by atoms with E-state index in [-0.39, 0.29) is 0 Å². The molecule has 2 heteroatoms. The van der Waals surface area contributed by atoms with Crippen LogP contribution in [0.5, 0.6) is 0 Å². The third kappa shape index (κ3) is 2.45. The van der Waals surface area contributed by atoms with Crippen LogP contribution in [-0.4, -0.2) is 31.6 Å². The lowest BCUT2D eigenvalue weighted by Gasteiger charge is -2.27. The molecular formula is C16H24N2. The second-order valence-electron chi connectivity index (χ2n) is 5.88. The van der Waals surface area contributed by atoms with Gasteiger partial charge in [0.2, 0.25) is 0 Å². The summed E-state index contributed by atoms with van der Waals surface area (Å²) >= 11 is 0. The minimum atomic E-state index is 0.598. The maximum Gasteiger partial charge on any atom is 0.0323 e. The fourth-order valence-corrected chi connectivity index (χ4v) is 3.51. The number of hydrogen-bond acceptors (Lipinski definition) is 2. The molecule has 2 aliphatic rings. The van der Waals surface area contributed by atoms with Crippen LogP contribution in [0.3, 0.4) is 0 Å². The molecule has 0 radical (unpaired) electrons. The van der Waals surface area contributed by atoms with E-state index in [2.05, 4.69) is 41.5 Å². The molecule has 2 nitrogen and oxygen atoms in total. The van der Waals surface area contributed by atoms with Crippen molar-refractivity contribution in [1.29, 1.82) is 0 Å². The molecule has 1 N–H and O–H groups in total. The van der Waals surface area contributed by atoms with Crippen molar-refractivity contribution in [2.75, 3.05) is 26.7 Å². The molecular weight excluding hydrogens is 220 g/mol. The highest BCUT2D eigenvalue weighted by Crippen LogP contribution is 2.34. The average Bonchev–Trinajstić information content (AvgIpc) is 2.86. The van der Waals surface area contributed by atoms with Crippen LogP contribution in [0.15, 0.2) is 24.3 Å². The maximum atomic E-state index is 3.70. The van der Waals surface area contributed by atoms with E-state index in [0.717, 1.165) is 5.92 Å². The first-order valence-corrected chi connectivity index (χ1v) is 7.35. The Labute approximate surface area is 110 Å². The van der Waals surface area contributed by atoms with Gasteiger partial charge in [0.1, 0.15) is 0 Å². The van der Waals surface area contributed by atoms with Crippen molar-refractivity contribution in [3.05, 3.63) is 35.4 Å². The number of likely N-dealkylation sites (tertiary alicyclic amines) is 1. The van der Waals surface area contributed by atoms with Gasteiger partial charge in [-0.1, -0.05) is 30.7 Å². The Morgan fingerprint density at radius 3 is 2.61 bits per heavy atom. The predicted octanol–water partition coefficient (Wildman–Crippen LogP) is 2.92. The lowest BCUT2D eigenvalue weighted by molar-refractivity contribution is 0.401. The summed E-state index contributed by atoms with van der Waals surface area (Å²) in [6.45, 7) is 3.66. The van der Waals surface area contributed by atoms with Crippen LogP contribution in [0.4, 0.5) is 0 Å². The summed E-state index contributed by atoms with van der Waals surface area (Å²) in [5.41, 5.74) is 3.17. The number of nitrogens with zero attached hydrogens (tertiary/aromatic N) is 1. The summed E-state index contributed by atoms with van der Waals surface area (Å²) in [7, 11) is 2.24. The fourth-order valence-electron chi connectivity index (χ4n) is 3.51. The summed E-state index contributed by atoms with van der Waals surface area (Å²) in [5.74, 6) is 0.745. The summed E-state index contributed by atoms with van der Waals surface area (Å²) in [5, 5.41) is 3.70. The molecule has 0 aromatic heterocycles. The van der Waals surface area contributed by atoms with Gasteiger partial charge in [0.05, 0.1) is 0 Å². The van der Waals surface area contributed by atoms with E-state index in [1.165, 1.54) is 45.3 Å². The van der Waals surface area contributed by atoms with Crippen LogP contribution in [0.25, 0.3) is 0 Å². The first-order chi connectivity index (χ1) is 8.84. The molecule has 98 valence electrons. The van der Waals surface area contributed by atoms with Gasteiger partial charge in [-0.05, 0) is 56.4 Å². The Morgan fingerprint density at radius 1 is 1.11 bits per heavy atom. The van der Waals surface area contributed by atoms with Gasteiger partial charge in [-0.2, -0.15) is 0 Å². The zero-order valence-electron chi connectivity index (χ0n) is 11.4. The Morgan fingerprint density at radius 2 is 1.94 bits per heavy atom. The van der Waals surface area contributed by atoms with E-state index in [0.29, 0.717) is 6.04 Å². The summed E-state index contributed by atoms with van der Waals surface area (Å²) in [6, 6.07) is 9.71. The summed E-state index contributed by atoms with van der Waals surface area (Å²) < 4.78 is 0. The van der Waals surface area contributed by atoms with Crippen LogP contribution < -0.4 is 5.32 Å². The topological polar surface area (TPSA) is 15.3 Å². The number of nitrogens with one attached hydrogen (secondary N) is 1. The van der Waals surface area contributed by atoms with E-state index in [4.69, 9.17) is 0 Å². The standard InChI is InChI=1S/C16H24N2/c1-18-11-9-13(12-18)14-6-2-3-7-15(14)16-8-4-5-10-17-16/h2-3,6-7,13,16-17H,4-5,8-12H2,1H3. The SMILES string of the molecule is CN1CCC(c2ccccc2C2CCCCN2)C1. The molecule has 3 rings (SSSR count). The Balaban J connectivity index is 1.84. The van der Waals surface area contributed by atoms with Gasteiger partial charge in [-0.25, -0.2) is 0 Å². The lowest BCUT2D eigenvalue weighted by atomic mass is 9.87. The van der Waals surface area contributed by atoms with Crippen LogP contribution in [0.1, 0.15) is 48.8 Å². The number of rotatable bonds is 2. The molecule has 1 aromatic carbocycles. The van der Waals surface area contributed by atoms with E-state index in [9.17, 15) is 0 Å². The molecule has 0 saturated carbocycles. The van der Waals surface area contributed by atoms with Crippen LogP contribution in [-0.2, 0) is 0 Å². The highest BCUT2D eigenvalue weighted by molar-refractivity contribution is 5.34. The average molecular weight is 244 g/mol. The molecule has 0 aliphatic carbocycles. The van der Waals surface area contributed by atoms with Gasteiger partial charge >= 0.3 is 0 Å². The van der Waals surface area contributed by atoms with Gasteiger partial charge in [0.15, 0.2) is 0 Å². The van der Waals surface area contributed by atoms with Gasteiger partial charge in [0.25, 0.3) is 0 Å². The van der Waals surface area contributed by atoms with Crippen molar-refractivity contribution in [2.24, 2.45) is 0 Å². The molecule has 2 aliphatic heterocycles. The van der Waals surface area contributed by atoms with Crippen molar-refractivity contribution in [2.45, 2.75) is 37.6 Å². The van der Waals surface area contributed by atoms with Crippen molar-refractivity contribution in [1.82, 2.24) is 10.2 Å². The molecule has 0 spiro atoms. The molecule has 18 heavy (non-hydrogen) atoms. The van der Waals surface area contributed by atoms with Gasteiger partial charge in [0, 0.05) is 12.6 Å². The van der Waals surface area contributed by atoms with E-state index >= 15 is 0 Å². The number of hydrogen-bond donors (Lipinski definition) is 1. The van der Waals surface area contributed by atoms with E-state index in [1.807, 2.05) is 0 Å². The third-order valence-corrected chi connectivity index (χ3v) is 4.51. The highest BCUT2D eigenvalue weighted by Gasteiger charge is 2.26. The fraction of sp³-hybridized carbons (Fsp3) is 0.625. The molecule has 1 aromatic rings. The van der Waals surface area contributed by atoms with Gasteiger partial charge in [-0.3, -0.25) is 0 Å². The van der Waals surface area contributed by atoms with Crippen molar-refractivity contribution >= 4 is 0 Å². The Kier molecular flexibility index (Phi) is 3.67. The first kappa shape index (κ1) is 12.2. The van der Waals surface area contributed by atoms with Crippen molar-refractivity contribution in [3.63, 3.8) is 0 Å². The van der Waals surface area contributed by atoms with E-state index < -0.39 is 0 Å². The minimum Gasteiger partial charge on any atom is -0.310 e. The molecule has 0 bridgehead atoms. The second-order valence-corrected chi connectivity index (χ2v) is 5.88. The number of likely N-dealkylation sites (N-methyl/N-ethyl adjacent to an activating group) is 1. The monoisotopic (exact) mass is 244 g/mol. The highest BCUT2D eigenvalue weighted by atomic mass is 15.1. The summed E-state index contributed by atoms with van der Waals surface area (Å²) in [4.78, 5) is 2.45. The maximum absolute atomic E-state index is 3.70. The van der Waals surface area contributed by atoms with Crippen LogP contribution >= 0.6 is 0 Å². The third-order valence-electron chi connectivity index (χ3n) is 4.51. The molecule has 0 amide bonds. The molecule has 2 atom stereocenters. The number of piperidine rings is 1. The van der Waals surface area contributed by atoms with Crippen LogP contribution in [0.2, 0.25) is 0 Å². The molecule has 2 unspecified atom stereocenters. The van der Waals surface area contributed by atoms with Crippen molar-refractivity contribution < 1.29 is 0 Å². The van der Waals surface area contributed by atoms with Gasteiger partial charge in [-0.15, -0.1) is 0 Å². The quantitative estimate of drug-likeness (QED) is 0.860. The minimum absolute atomic E-state index is 0.598. The van der Waals surface area contributed by atoms with Crippen LogP contribution in [0, 0.1) is 0 Å². The zero-order chi connectivity index (χ0) is 12.4. The number of benzene rings is 1. The van der Waals surface area contributed by atoms with E-state index in [1.54, 1.807) is 11.1 Å². The zero-order valence-corrected chi connectivity index (χ0v) is 11.4. The summed E-state index contributed by atoms with van der Waals surface area (Å²) in [6.07, 6.45) is 5.33. The Hall–Kier alpha value is -0.860. The normalized spacial score (nSPS) is 29.6. The molecule has 2 fully saturated rings. The van der Waals surface area contributed by atoms with Gasteiger partial charge < -0.3 is 10.2 Å². The molecule has 2 heterocycles. The first-order valence-electron chi connectivity index (χ1n) is 7.35. The Bertz CT molecular complexity index is 372.